The largest absolute Gasteiger partial charge is 0.423 e. The Kier molecular flexibility index (Phi) is 3.06. The van der Waals surface area contributed by atoms with Gasteiger partial charge in [-0.3, -0.25) is 10.1 Å². The minimum absolute atomic E-state index is 0.00933. The summed E-state index contributed by atoms with van der Waals surface area (Å²) in [6.07, 6.45) is 1.01. The molecule has 0 bridgehead atoms. The Balaban J connectivity index is 1.88. The summed E-state index contributed by atoms with van der Waals surface area (Å²) in [7, 11) is 0. The van der Waals surface area contributed by atoms with Crippen LogP contribution in [-0.2, 0) is 0 Å². The molecular formula is C13H16N4O3. The number of non-ortho nitro benzene ring substituents is 1. The van der Waals surface area contributed by atoms with Gasteiger partial charge in [0.2, 0.25) is 0 Å². The van der Waals surface area contributed by atoms with Crippen LogP contribution in [0.15, 0.2) is 22.6 Å². The first-order valence-corrected chi connectivity index (χ1v) is 6.60. The molecule has 0 saturated carbocycles. The van der Waals surface area contributed by atoms with Crippen LogP contribution < -0.4 is 10.6 Å². The molecule has 3 rings (SSSR count). The van der Waals surface area contributed by atoms with E-state index in [-0.39, 0.29) is 11.7 Å². The Bertz CT molecular complexity index is 652. The van der Waals surface area contributed by atoms with Crippen molar-refractivity contribution in [3.63, 3.8) is 0 Å². The topological polar surface area (TPSA) is 98.4 Å². The SMILES string of the molecule is CC(N)C1CCN(c2nc3ccc([N+](=O)[O-])cc3o2)C1. The van der Waals surface area contributed by atoms with Gasteiger partial charge in [-0.05, 0) is 25.3 Å². The van der Waals surface area contributed by atoms with Gasteiger partial charge < -0.3 is 15.1 Å². The van der Waals surface area contributed by atoms with Gasteiger partial charge in [0.15, 0.2) is 5.58 Å². The Labute approximate surface area is 115 Å². The van der Waals surface area contributed by atoms with Gasteiger partial charge in [0, 0.05) is 25.2 Å². The molecule has 1 aromatic heterocycles. The van der Waals surface area contributed by atoms with Crippen LogP contribution in [0.3, 0.4) is 0 Å². The number of hydrogen-bond donors (Lipinski definition) is 1. The number of nitro groups is 1. The average Bonchev–Trinajstić information content (AvgIpc) is 3.04. The summed E-state index contributed by atoms with van der Waals surface area (Å²) in [5, 5.41) is 10.7. The molecular weight excluding hydrogens is 260 g/mol. The van der Waals surface area contributed by atoms with Crippen LogP contribution in [-0.4, -0.2) is 29.0 Å². The molecule has 0 radical (unpaired) electrons. The first-order chi connectivity index (χ1) is 9.54. The molecule has 1 aromatic carbocycles. The highest BCUT2D eigenvalue weighted by Gasteiger charge is 2.28. The van der Waals surface area contributed by atoms with E-state index < -0.39 is 4.92 Å². The molecule has 2 N–H and O–H groups in total. The zero-order valence-corrected chi connectivity index (χ0v) is 11.2. The predicted octanol–water partition coefficient (Wildman–Crippen LogP) is 1.91. The lowest BCUT2D eigenvalue weighted by Crippen LogP contribution is -2.29. The number of hydrogen-bond acceptors (Lipinski definition) is 6. The molecule has 1 saturated heterocycles. The van der Waals surface area contributed by atoms with Gasteiger partial charge in [0.1, 0.15) is 5.52 Å². The van der Waals surface area contributed by atoms with Crippen molar-refractivity contribution in [2.45, 2.75) is 19.4 Å². The third-order valence-electron chi connectivity index (χ3n) is 3.81. The second-order valence-electron chi connectivity index (χ2n) is 5.26. The molecule has 0 amide bonds. The Hall–Kier alpha value is -2.15. The highest BCUT2D eigenvalue weighted by molar-refractivity contribution is 5.77. The van der Waals surface area contributed by atoms with E-state index in [0.29, 0.717) is 23.0 Å². The fourth-order valence-electron chi connectivity index (χ4n) is 2.54. The highest BCUT2D eigenvalue weighted by Crippen LogP contribution is 2.29. The molecule has 2 atom stereocenters. The lowest BCUT2D eigenvalue weighted by Gasteiger charge is -2.15. The normalized spacial score (nSPS) is 20.5. The monoisotopic (exact) mass is 276 g/mol. The van der Waals surface area contributed by atoms with Crippen LogP contribution in [0, 0.1) is 16.0 Å². The zero-order valence-electron chi connectivity index (χ0n) is 11.2. The van der Waals surface area contributed by atoms with Gasteiger partial charge in [0.25, 0.3) is 11.7 Å². The highest BCUT2D eigenvalue weighted by atomic mass is 16.6. The number of rotatable bonds is 3. The maximum absolute atomic E-state index is 10.7. The quantitative estimate of drug-likeness (QED) is 0.679. The zero-order chi connectivity index (χ0) is 14.3. The number of aromatic nitrogens is 1. The van der Waals surface area contributed by atoms with Gasteiger partial charge in [-0.15, -0.1) is 0 Å². The lowest BCUT2D eigenvalue weighted by molar-refractivity contribution is -0.384. The van der Waals surface area contributed by atoms with Crippen molar-refractivity contribution in [1.29, 1.82) is 0 Å². The van der Waals surface area contributed by atoms with E-state index in [1.165, 1.54) is 12.1 Å². The van der Waals surface area contributed by atoms with Gasteiger partial charge >= 0.3 is 0 Å². The summed E-state index contributed by atoms with van der Waals surface area (Å²) in [6, 6.07) is 5.11. The van der Waals surface area contributed by atoms with E-state index >= 15 is 0 Å². The fraction of sp³-hybridized carbons (Fsp3) is 0.462. The third kappa shape index (κ3) is 2.20. The average molecular weight is 276 g/mol. The van der Waals surface area contributed by atoms with Crippen molar-refractivity contribution in [2.75, 3.05) is 18.0 Å². The maximum atomic E-state index is 10.7. The molecule has 1 aliphatic heterocycles. The Morgan fingerprint density at radius 2 is 2.40 bits per heavy atom. The summed E-state index contributed by atoms with van der Waals surface area (Å²) < 4.78 is 5.64. The Morgan fingerprint density at radius 3 is 3.05 bits per heavy atom. The van der Waals surface area contributed by atoms with Gasteiger partial charge in [-0.25, -0.2) is 0 Å². The Morgan fingerprint density at radius 1 is 1.60 bits per heavy atom. The van der Waals surface area contributed by atoms with Crippen LogP contribution in [0.1, 0.15) is 13.3 Å². The second-order valence-corrected chi connectivity index (χ2v) is 5.26. The molecule has 20 heavy (non-hydrogen) atoms. The van der Waals surface area contributed by atoms with Crippen LogP contribution in [0.5, 0.6) is 0 Å². The number of benzene rings is 1. The second kappa shape index (κ2) is 4.75. The fourth-order valence-corrected chi connectivity index (χ4v) is 2.54. The molecule has 1 fully saturated rings. The molecule has 2 aromatic rings. The predicted molar refractivity (Wildman–Crippen MR) is 74.6 cm³/mol. The molecule has 7 heteroatoms. The van der Waals surface area contributed by atoms with Crippen LogP contribution >= 0.6 is 0 Å². The number of oxazole rings is 1. The van der Waals surface area contributed by atoms with Crippen LogP contribution in [0.2, 0.25) is 0 Å². The number of nitrogens with zero attached hydrogens (tertiary/aromatic N) is 3. The standard InChI is InChI=1S/C13H16N4O3/c1-8(14)9-4-5-16(7-9)13-15-11-3-2-10(17(18)19)6-12(11)20-13/h2-3,6,8-9H,4-5,7,14H2,1H3. The van der Waals surface area contributed by atoms with E-state index in [9.17, 15) is 10.1 Å². The molecule has 2 heterocycles. The van der Waals surface area contributed by atoms with Crippen molar-refractivity contribution in [1.82, 2.24) is 4.98 Å². The number of nitrogens with two attached hydrogens (primary N) is 1. The van der Waals surface area contributed by atoms with Crippen molar-refractivity contribution in [3.05, 3.63) is 28.3 Å². The molecule has 2 unspecified atom stereocenters. The molecule has 106 valence electrons. The maximum Gasteiger partial charge on any atom is 0.298 e. The third-order valence-corrected chi connectivity index (χ3v) is 3.81. The van der Waals surface area contributed by atoms with Gasteiger partial charge in [-0.2, -0.15) is 4.98 Å². The molecule has 0 spiro atoms. The number of fused-ring (bicyclic) bond motifs is 1. The summed E-state index contributed by atoms with van der Waals surface area (Å²) in [6.45, 7) is 3.66. The van der Waals surface area contributed by atoms with Crippen molar-refractivity contribution < 1.29 is 9.34 Å². The van der Waals surface area contributed by atoms with Gasteiger partial charge in [0.05, 0.1) is 11.0 Å². The van der Waals surface area contributed by atoms with Crippen molar-refractivity contribution in [3.8, 4) is 0 Å². The molecule has 7 nitrogen and oxygen atoms in total. The number of nitro benzene ring substituents is 1. The van der Waals surface area contributed by atoms with E-state index in [4.69, 9.17) is 10.2 Å². The van der Waals surface area contributed by atoms with E-state index in [2.05, 4.69) is 4.98 Å². The van der Waals surface area contributed by atoms with E-state index in [0.717, 1.165) is 19.5 Å². The first kappa shape index (κ1) is 12.9. The van der Waals surface area contributed by atoms with Crippen LogP contribution in [0.4, 0.5) is 11.7 Å². The smallest absolute Gasteiger partial charge is 0.298 e. The van der Waals surface area contributed by atoms with Crippen LogP contribution in [0.25, 0.3) is 11.1 Å². The van der Waals surface area contributed by atoms with Crippen molar-refractivity contribution >= 4 is 22.8 Å². The molecule has 1 aliphatic rings. The lowest BCUT2D eigenvalue weighted by atomic mass is 10.0. The summed E-state index contributed by atoms with van der Waals surface area (Å²) in [5.41, 5.74) is 7.00. The summed E-state index contributed by atoms with van der Waals surface area (Å²) >= 11 is 0. The van der Waals surface area contributed by atoms with Crippen molar-refractivity contribution in [2.24, 2.45) is 11.7 Å². The minimum atomic E-state index is -0.441. The van der Waals surface area contributed by atoms with E-state index in [1.807, 2.05) is 11.8 Å². The summed E-state index contributed by atoms with van der Waals surface area (Å²) in [5.74, 6) is 0.430. The molecule has 0 aliphatic carbocycles. The van der Waals surface area contributed by atoms with E-state index in [1.54, 1.807) is 6.07 Å². The van der Waals surface area contributed by atoms with Gasteiger partial charge in [-0.1, -0.05) is 0 Å². The first-order valence-electron chi connectivity index (χ1n) is 6.60. The number of anilines is 1. The minimum Gasteiger partial charge on any atom is -0.423 e. The summed E-state index contributed by atoms with van der Waals surface area (Å²) in [4.78, 5) is 16.7.